The van der Waals surface area contributed by atoms with Crippen molar-refractivity contribution in [2.75, 3.05) is 21.3 Å². The Hall–Kier alpha value is -3.46. The van der Waals surface area contributed by atoms with Crippen molar-refractivity contribution in [1.29, 1.82) is 0 Å². The Balaban J connectivity index is 2.12. The number of methoxy groups -OCH3 is 3. The maximum atomic E-state index is 13.3. The SMILES string of the molecule is COC(=O)c1ccc(/C=C2\CC(S(=O)(=O)c3ccccc3)CC2(C(=O)OC)C(=O)OC)cc1. The van der Waals surface area contributed by atoms with E-state index in [-0.39, 0.29) is 23.3 Å². The predicted octanol–water partition coefficient (Wildman–Crippen LogP) is 2.83. The summed E-state index contributed by atoms with van der Waals surface area (Å²) in [6, 6.07) is 14.1. The lowest BCUT2D eigenvalue weighted by Crippen LogP contribution is -2.41. The predicted molar refractivity (Wildman–Crippen MR) is 119 cm³/mol. The van der Waals surface area contributed by atoms with Gasteiger partial charge in [0.15, 0.2) is 15.3 Å². The third-order valence-electron chi connectivity index (χ3n) is 5.78. The summed E-state index contributed by atoms with van der Waals surface area (Å²) in [7, 11) is -0.321. The van der Waals surface area contributed by atoms with E-state index in [0.29, 0.717) is 11.1 Å². The summed E-state index contributed by atoms with van der Waals surface area (Å²) in [4.78, 5) is 37.6. The third kappa shape index (κ3) is 4.41. The number of rotatable bonds is 6. The molecular formula is C24H24O8S. The number of esters is 3. The molecule has 0 amide bonds. The highest BCUT2D eigenvalue weighted by molar-refractivity contribution is 7.92. The Morgan fingerprint density at radius 2 is 1.45 bits per heavy atom. The van der Waals surface area contributed by atoms with Crippen LogP contribution in [0.3, 0.4) is 0 Å². The summed E-state index contributed by atoms with van der Waals surface area (Å²) in [6.45, 7) is 0. The number of carbonyl (C=O) groups excluding carboxylic acids is 3. The molecule has 174 valence electrons. The molecule has 0 aliphatic heterocycles. The summed E-state index contributed by atoms with van der Waals surface area (Å²) in [5.41, 5.74) is -0.760. The van der Waals surface area contributed by atoms with Crippen LogP contribution in [-0.2, 0) is 33.6 Å². The molecule has 2 aromatic rings. The van der Waals surface area contributed by atoms with Crippen LogP contribution in [0.2, 0.25) is 0 Å². The Morgan fingerprint density at radius 3 is 1.97 bits per heavy atom. The minimum atomic E-state index is -3.86. The molecule has 8 nitrogen and oxygen atoms in total. The number of carbonyl (C=O) groups is 3. The minimum absolute atomic E-state index is 0.0693. The van der Waals surface area contributed by atoms with E-state index < -0.39 is 38.4 Å². The van der Waals surface area contributed by atoms with Gasteiger partial charge in [0.2, 0.25) is 0 Å². The molecule has 1 saturated carbocycles. The van der Waals surface area contributed by atoms with Crippen LogP contribution in [0.1, 0.15) is 28.8 Å². The zero-order valence-corrected chi connectivity index (χ0v) is 19.3. The number of hydrogen-bond donors (Lipinski definition) is 0. The molecule has 0 bridgehead atoms. The number of hydrogen-bond acceptors (Lipinski definition) is 8. The summed E-state index contributed by atoms with van der Waals surface area (Å²) < 4.78 is 41.2. The molecule has 0 N–H and O–H groups in total. The first-order valence-corrected chi connectivity index (χ1v) is 11.6. The van der Waals surface area contributed by atoms with Crippen LogP contribution in [0.25, 0.3) is 6.08 Å². The number of benzene rings is 2. The summed E-state index contributed by atoms with van der Waals surface area (Å²) in [6.07, 6.45) is 1.19. The maximum Gasteiger partial charge on any atom is 0.337 e. The van der Waals surface area contributed by atoms with Gasteiger partial charge in [0.05, 0.1) is 37.0 Å². The normalized spacial score (nSPS) is 18.5. The second kappa shape index (κ2) is 9.58. The average molecular weight is 473 g/mol. The number of sulfone groups is 1. The van der Waals surface area contributed by atoms with Crippen molar-refractivity contribution >= 4 is 33.8 Å². The Bertz CT molecular complexity index is 1160. The molecule has 1 atom stereocenters. The van der Waals surface area contributed by atoms with Gasteiger partial charge in [-0.25, -0.2) is 13.2 Å². The molecule has 0 heterocycles. The Morgan fingerprint density at radius 1 is 0.879 bits per heavy atom. The highest BCUT2D eigenvalue weighted by Gasteiger charge is 2.59. The van der Waals surface area contributed by atoms with Crippen LogP contribution >= 0.6 is 0 Å². The fourth-order valence-electron chi connectivity index (χ4n) is 4.06. The molecule has 0 aromatic heterocycles. The van der Waals surface area contributed by atoms with E-state index in [2.05, 4.69) is 4.74 Å². The Kier molecular flexibility index (Phi) is 7.02. The summed E-state index contributed by atoms with van der Waals surface area (Å²) in [5.74, 6) is -2.29. The maximum absolute atomic E-state index is 13.3. The average Bonchev–Trinajstić information content (AvgIpc) is 3.24. The Labute approximate surface area is 192 Å². The molecule has 0 spiro atoms. The molecule has 2 aromatic carbocycles. The fourth-order valence-corrected chi connectivity index (χ4v) is 5.85. The lowest BCUT2D eigenvalue weighted by atomic mass is 9.81. The fraction of sp³-hybridized carbons (Fsp3) is 0.292. The van der Waals surface area contributed by atoms with Gasteiger partial charge in [0.1, 0.15) is 0 Å². The van der Waals surface area contributed by atoms with Gasteiger partial charge < -0.3 is 14.2 Å². The standard InChI is InChI=1S/C24H24O8S/c1-30-21(25)17-11-9-16(10-12-17)13-18-14-20(33(28,29)19-7-5-4-6-8-19)15-24(18,22(26)31-2)23(27)32-3/h4-13,20H,14-15H2,1-3H3/b18-13+. The topological polar surface area (TPSA) is 113 Å². The molecule has 0 radical (unpaired) electrons. The molecule has 1 aliphatic carbocycles. The van der Waals surface area contributed by atoms with E-state index in [1.807, 2.05) is 0 Å². The lowest BCUT2D eigenvalue weighted by molar-refractivity contribution is -0.165. The van der Waals surface area contributed by atoms with Crippen LogP contribution < -0.4 is 0 Å². The van der Waals surface area contributed by atoms with Crippen LogP contribution in [-0.4, -0.2) is 52.9 Å². The van der Waals surface area contributed by atoms with Crippen molar-refractivity contribution < 1.29 is 37.0 Å². The van der Waals surface area contributed by atoms with E-state index in [4.69, 9.17) is 9.47 Å². The van der Waals surface area contributed by atoms with Gasteiger partial charge in [-0.3, -0.25) is 9.59 Å². The highest BCUT2D eigenvalue weighted by atomic mass is 32.2. The second-order valence-electron chi connectivity index (χ2n) is 7.56. The van der Waals surface area contributed by atoms with E-state index in [0.717, 1.165) is 14.2 Å². The quantitative estimate of drug-likeness (QED) is 0.358. The van der Waals surface area contributed by atoms with Crippen LogP contribution in [0.5, 0.6) is 0 Å². The van der Waals surface area contributed by atoms with Crippen molar-refractivity contribution in [1.82, 2.24) is 0 Å². The van der Waals surface area contributed by atoms with E-state index in [1.54, 1.807) is 36.4 Å². The van der Waals surface area contributed by atoms with Gasteiger partial charge in [0.25, 0.3) is 0 Å². The van der Waals surface area contributed by atoms with Crippen molar-refractivity contribution in [2.45, 2.75) is 23.0 Å². The van der Waals surface area contributed by atoms with Crippen molar-refractivity contribution in [3.8, 4) is 0 Å². The largest absolute Gasteiger partial charge is 0.468 e. The van der Waals surface area contributed by atoms with Gasteiger partial charge in [-0.05, 0) is 48.2 Å². The van der Waals surface area contributed by atoms with Gasteiger partial charge >= 0.3 is 17.9 Å². The third-order valence-corrected chi connectivity index (χ3v) is 7.92. The molecule has 1 fully saturated rings. The van der Waals surface area contributed by atoms with Crippen molar-refractivity contribution in [3.05, 3.63) is 71.3 Å². The molecule has 1 unspecified atom stereocenters. The molecule has 33 heavy (non-hydrogen) atoms. The summed E-state index contributed by atoms with van der Waals surface area (Å²) in [5, 5.41) is -1.04. The minimum Gasteiger partial charge on any atom is -0.468 e. The van der Waals surface area contributed by atoms with E-state index in [1.165, 1.54) is 31.4 Å². The molecule has 9 heteroatoms. The van der Waals surface area contributed by atoms with Crippen molar-refractivity contribution in [2.24, 2.45) is 5.41 Å². The van der Waals surface area contributed by atoms with Gasteiger partial charge in [0, 0.05) is 0 Å². The second-order valence-corrected chi connectivity index (χ2v) is 9.79. The van der Waals surface area contributed by atoms with Gasteiger partial charge in [-0.1, -0.05) is 36.4 Å². The summed E-state index contributed by atoms with van der Waals surface area (Å²) >= 11 is 0. The zero-order valence-electron chi connectivity index (χ0n) is 18.4. The first-order chi connectivity index (χ1) is 15.7. The molecule has 3 rings (SSSR count). The molecule has 1 aliphatic rings. The van der Waals surface area contributed by atoms with E-state index in [9.17, 15) is 22.8 Å². The van der Waals surface area contributed by atoms with E-state index >= 15 is 0 Å². The van der Waals surface area contributed by atoms with Crippen LogP contribution in [0.4, 0.5) is 0 Å². The number of ether oxygens (including phenoxy) is 3. The monoisotopic (exact) mass is 472 g/mol. The first-order valence-electron chi connectivity index (χ1n) is 10.1. The van der Waals surface area contributed by atoms with Gasteiger partial charge in [-0.2, -0.15) is 0 Å². The zero-order chi connectivity index (χ0) is 24.2. The van der Waals surface area contributed by atoms with Crippen LogP contribution in [0, 0.1) is 5.41 Å². The smallest absolute Gasteiger partial charge is 0.337 e. The van der Waals surface area contributed by atoms with Gasteiger partial charge in [-0.15, -0.1) is 0 Å². The molecule has 0 saturated heterocycles. The molecular weight excluding hydrogens is 448 g/mol. The van der Waals surface area contributed by atoms with Crippen LogP contribution in [0.15, 0.2) is 65.1 Å². The van der Waals surface area contributed by atoms with Crippen molar-refractivity contribution in [3.63, 3.8) is 0 Å². The first kappa shape index (κ1) is 24.2. The highest BCUT2D eigenvalue weighted by Crippen LogP contribution is 2.49. The lowest BCUT2D eigenvalue weighted by Gasteiger charge is -2.25.